The smallest absolute Gasteiger partial charge is 0.0325 e. The van der Waals surface area contributed by atoms with Gasteiger partial charge < -0.3 is 11.5 Å². The SMILES string of the molecule is Nc1ccc(Sc2ccc(N)cc2S)cc1. The summed E-state index contributed by atoms with van der Waals surface area (Å²) in [4.78, 5) is 3.11. The summed E-state index contributed by atoms with van der Waals surface area (Å²) in [5.41, 5.74) is 12.8. The van der Waals surface area contributed by atoms with Gasteiger partial charge in [0.05, 0.1) is 0 Å². The van der Waals surface area contributed by atoms with Gasteiger partial charge in [0.15, 0.2) is 0 Å². The van der Waals surface area contributed by atoms with Gasteiger partial charge in [0, 0.05) is 26.1 Å². The molecule has 0 bridgehead atoms. The van der Waals surface area contributed by atoms with Crippen LogP contribution in [0.4, 0.5) is 11.4 Å². The van der Waals surface area contributed by atoms with Crippen LogP contribution in [0.3, 0.4) is 0 Å². The van der Waals surface area contributed by atoms with E-state index in [1.54, 1.807) is 11.8 Å². The standard InChI is InChI=1S/C12H12N2S2/c13-8-1-4-10(5-2-8)16-12-6-3-9(14)7-11(12)15/h1-7,15H,13-14H2. The van der Waals surface area contributed by atoms with E-state index in [1.165, 1.54) is 0 Å². The Morgan fingerprint density at radius 2 is 1.50 bits per heavy atom. The topological polar surface area (TPSA) is 52.0 Å². The molecule has 0 saturated carbocycles. The van der Waals surface area contributed by atoms with Crippen LogP contribution in [-0.2, 0) is 0 Å². The zero-order chi connectivity index (χ0) is 11.5. The van der Waals surface area contributed by atoms with E-state index in [2.05, 4.69) is 12.6 Å². The van der Waals surface area contributed by atoms with Crippen molar-refractivity contribution in [3.63, 3.8) is 0 Å². The van der Waals surface area contributed by atoms with E-state index in [4.69, 9.17) is 11.5 Å². The summed E-state index contributed by atoms with van der Waals surface area (Å²) in [5, 5.41) is 0. The number of hydrogen-bond acceptors (Lipinski definition) is 4. The largest absolute Gasteiger partial charge is 0.399 e. The average Bonchev–Trinajstić information content (AvgIpc) is 2.25. The molecule has 0 atom stereocenters. The fourth-order valence-electron chi connectivity index (χ4n) is 1.28. The number of hydrogen-bond donors (Lipinski definition) is 3. The van der Waals surface area contributed by atoms with Crippen LogP contribution >= 0.6 is 24.4 Å². The Morgan fingerprint density at radius 3 is 2.12 bits per heavy atom. The Kier molecular flexibility index (Phi) is 3.31. The van der Waals surface area contributed by atoms with Crippen molar-refractivity contribution in [2.24, 2.45) is 0 Å². The van der Waals surface area contributed by atoms with E-state index in [0.29, 0.717) is 0 Å². The normalized spacial score (nSPS) is 10.3. The molecule has 82 valence electrons. The molecular weight excluding hydrogens is 236 g/mol. The highest BCUT2D eigenvalue weighted by Crippen LogP contribution is 2.33. The molecule has 0 aliphatic rings. The molecule has 0 fully saturated rings. The lowest BCUT2D eigenvalue weighted by Gasteiger charge is -2.05. The fourth-order valence-corrected chi connectivity index (χ4v) is 2.47. The number of nitrogen functional groups attached to an aromatic ring is 2. The monoisotopic (exact) mass is 248 g/mol. The zero-order valence-corrected chi connectivity index (χ0v) is 10.3. The molecule has 2 rings (SSSR count). The molecule has 0 saturated heterocycles. The summed E-state index contributed by atoms with van der Waals surface area (Å²) >= 11 is 6.04. The van der Waals surface area contributed by atoms with Crippen LogP contribution < -0.4 is 11.5 Å². The Morgan fingerprint density at radius 1 is 0.875 bits per heavy atom. The quantitative estimate of drug-likeness (QED) is 0.564. The van der Waals surface area contributed by atoms with Gasteiger partial charge in [-0.2, -0.15) is 0 Å². The van der Waals surface area contributed by atoms with E-state index in [0.717, 1.165) is 26.1 Å². The maximum Gasteiger partial charge on any atom is 0.0325 e. The lowest BCUT2D eigenvalue weighted by Crippen LogP contribution is -1.85. The van der Waals surface area contributed by atoms with Crippen molar-refractivity contribution in [2.75, 3.05) is 11.5 Å². The van der Waals surface area contributed by atoms with E-state index >= 15 is 0 Å². The first kappa shape index (κ1) is 11.2. The second-order valence-electron chi connectivity index (χ2n) is 3.40. The van der Waals surface area contributed by atoms with Crippen LogP contribution in [0.15, 0.2) is 57.2 Å². The van der Waals surface area contributed by atoms with Gasteiger partial charge in [-0.25, -0.2) is 0 Å². The van der Waals surface area contributed by atoms with Crippen molar-refractivity contribution >= 4 is 35.8 Å². The van der Waals surface area contributed by atoms with Crippen LogP contribution in [0.25, 0.3) is 0 Å². The van der Waals surface area contributed by atoms with E-state index < -0.39 is 0 Å². The van der Waals surface area contributed by atoms with Crippen molar-refractivity contribution in [3.8, 4) is 0 Å². The third-order valence-corrected chi connectivity index (χ3v) is 3.70. The first-order chi connectivity index (χ1) is 7.65. The van der Waals surface area contributed by atoms with Gasteiger partial charge in [-0.1, -0.05) is 11.8 Å². The van der Waals surface area contributed by atoms with Gasteiger partial charge in [0.2, 0.25) is 0 Å². The van der Waals surface area contributed by atoms with Crippen LogP contribution in [-0.4, -0.2) is 0 Å². The molecule has 0 heterocycles. The Hall–Kier alpha value is -1.26. The van der Waals surface area contributed by atoms with Crippen molar-refractivity contribution in [1.29, 1.82) is 0 Å². The Balaban J connectivity index is 2.23. The van der Waals surface area contributed by atoms with Crippen molar-refractivity contribution in [1.82, 2.24) is 0 Å². The molecule has 0 spiro atoms. The third-order valence-electron chi connectivity index (χ3n) is 2.09. The minimum Gasteiger partial charge on any atom is -0.399 e. The van der Waals surface area contributed by atoms with E-state index in [9.17, 15) is 0 Å². The van der Waals surface area contributed by atoms with Crippen molar-refractivity contribution in [3.05, 3.63) is 42.5 Å². The molecule has 0 aliphatic carbocycles. The molecule has 2 aromatic rings. The molecule has 2 nitrogen and oxygen atoms in total. The second-order valence-corrected chi connectivity index (χ2v) is 5.00. The van der Waals surface area contributed by atoms with Crippen molar-refractivity contribution < 1.29 is 0 Å². The highest BCUT2D eigenvalue weighted by molar-refractivity contribution is 7.99. The predicted octanol–water partition coefficient (Wildman–Crippen LogP) is 3.29. The summed E-state index contributed by atoms with van der Waals surface area (Å²) < 4.78 is 0. The molecule has 0 radical (unpaired) electrons. The molecule has 2 aromatic carbocycles. The molecule has 4 heteroatoms. The highest BCUT2D eigenvalue weighted by Gasteiger charge is 2.02. The van der Waals surface area contributed by atoms with Crippen LogP contribution in [0.5, 0.6) is 0 Å². The molecule has 16 heavy (non-hydrogen) atoms. The maximum absolute atomic E-state index is 5.67. The van der Waals surface area contributed by atoms with Gasteiger partial charge >= 0.3 is 0 Å². The van der Waals surface area contributed by atoms with Gasteiger partial charge in [-0.15, -0.1) is 12.6 Å². The van der Waals surface area contributed by atoms with Gasteiger partial charge in [0.25, 0.3) is 0 Å². The zero-order valence-electron chi connectivity index (χ0n) is 8.55. The number of rotatable bonds is 2. The summed E-state index contributed by atoms with van der Waals surface area (Å²) in [6, 6.07) is 13.4. The lowest BCUT2D eigenvalue weighted by molar-refractivity contribution is 1.25. The first-order valence-corrected chi connectivity index (χ1v) is 6.03. The maximum atomic E-state index is 5.67. The fraction of sp³-hybridized carbons (Fsp3) is 0. The molecule has 0 unspecified atom stereocenters. The molecular formula is C12H12N2S2. The molecule has 4 N–H and O–H groups in total. The number of nitrogens with two attached hydrogens (primary N) is 2. The number of anilines is 2. The summed E-state index contributed by atoms with van der Waals surface area (Å²) in [7, 11) is 0. The Labute approximate surface area is 104 Å². The number of benzene rings is 2. The van der Waals surface area contributed by atoms with Gasteiger partial charge in [0.1, 0.15) is 0 Å². The highest BCUT2D eigenvalue weighted by atomic mass is 32.2. The van der Waals surface area contributed by atoms with Crippen LogP contribution in [0.2, 0.25) is 0 Å². The minimum absolute atomic E-state index is 0.728. The van der Waals surface area contributed by atoms with Gasteiger partial charge in [-0.3, -0.25) is 0 Å². The molecule has 0 amide bonds. The van der Waals surface area contributed by atoms with Crippen LogP contribution in [0, 0.1) is 0 Å². The average molecular weight is 248 g/mol. The molecule has 0 aliphatic heterocycles. The predicted molar refractivity (Wildman–Crippen MR) is 73.1 cm³/mol. The number of thiol groups is 1. The Bertz CT molecular complexity index is 495. The van der Waals surface area contributed by atoms with E-state index in [1.807, 2.05) is 42.5 Å². The van der Waals surface area contributed by atoms with Crippen LogP contribution in [0.1, 0.15) is 0 Å². The first-order valence-electron chi connectivity index (χ1n) is 4.77. The van der Waals surface area contributed by atoms with E-state index in [-0.39, 0.29) is 0 Å². The summed E-state index contributed by atoms with van der Waals surface area (Å²) in [6.07, 6.45) is 0. The summed E-state index contributed by atoms with van der Waals surface area (Å²) in [5.74, 6) is 0. The van der Waals surface area contributed by atoms with Gasteiger partial charge in [-0.05, 0) is 42.5 Å². The molecule has 0 aromatic heterocycles. The summed E-state index contributed by atoms with van der Waals surface area (Å²) in [6.45, 7) is 0. The minimum atomic E-state index is 0.728. The third kappa shape index (κ3) is 2.65. The second kappa shape index (κ2) is 4.72. The van der Waals surface area contributed by atoms with Crippen molar-refractivity contribution in [2.45, 2.75) is 14.7 Å². The lowest BCUT2D eigenvalue weighted by atomic mass is 10.3.